The molecule has 8 nitrogen and oxygen atoms in total. The number of carbonyl (C=O) groups is 3. The molecule has 1 aliphatic carbocycles. The van der Waals surface area contributed by atoms with Crippen LogP contribution in [0.25, 0.3) is 0 Å². The number of pyridine rings is 1. The monoisotopic (exact) mass is 441 g/mol. The van der Waals surface area contributed by atoms with E-state index >= 15 is 0 Å². The van der Waals surface area contributed by atoms with Crippen LogP contribution in [0.1, 0.15) is 65.4 Å². The highest BCUT2D eigenvalue weighted by molar-refractivity contribution is 6.45. The Morgan fingerprint density at radius 2 is 2.03 bits per heavy atom. The third-order valence-electron chi connectivity index (χ3n) is 6.45. The van der Waals surface area contributed by atoms with E-state index in [9.17, 15) is 14.4 Å². The summed E-state index contributed by atoms with van der Waals surface area (Å²) in [6, 6.07) is 2.96. The summed E-state index contributed by atoms with van der Waals surface area (Å²) in [6.07, 6.45) is 6.09. The van der Waals surface area contributed by atoms with Crippen LogP contribution in [0.3, 0.4) is 0 Å². The first-order valence-electron chi connectivity index (χ1n) is 11.5. The number of hydrogen-bond donors (Lipinski definition) is 3. The minimum Gasteiger partial charge on any atom is -0.360 e. The van der Waals surface area contributed by atoms with Crippen LogP contribution < -0.4 is 10.6 Å². The first-order chi connectivity index (χ1) is 15.1. The Hall–Kier alpha value is -2.77. The molecule has 32 heavy (non-hydrogen) atoms. The number of ketones is 1. The van der Waals surface area contributed by atoms with E-state index in [-0.39, 0.29) is 41.3 Å². The second kappa shape index (κ2) is 9.79. The van der Waals surface area contributed by atoms with Crippen LogP contribution in [-0.4, -0.2) is 58.4 Å². The molecule has 2 fully saturated rings. The van der Waals surface area contributed by atoms with E-state index in [0.29, 0.717) is 30.3 Å². The summed E-state index contributed by atoms with van der Waals surface area (Å²) < 4.78 is 0. The van der Waals surface area contributed by atoms with Crippen LogP contribution in [0.15, 0.2) is 18.3 Å². The van der Waals surface area contributed by atoms with Gasteiger partial charge in [-0.2, -0.15) is 0 Å². The van der Waals surface area contributed by atoms with Crippen LogP contribution in [0.4, 0.5) is 5.82 Å². The van der Waals surface area contributed by atoms with Crippen LogP contribution in [0, 0.1) is 16.7 Å². The van der Waals surface area contributed by atoms with Gasteiger partial charge in [0.1, 0.15) is 17.6 Å². The molecule has 0 aromatic carbocycles. The molecule has 1 aliphatic heterocycles. The highest BCUT2D eigenvalue weighted by Gasteiger charge is 2.37. The molecule has 1 aromatic rings. The van der Waals surface area contributed by atoms with E-state index in [1.807, 2.05) is 0 Å². The Morgan fingerprint density at radius 1 is 1.28 bits per heavy atom. The zero-order chi connectivity index (χ0) is 23.5. The van der Waals surface area contributed by atoms with E-state index < -0.39 is 6.04 Å². The second-order valence-electron chi connectivity index (χ2n) is 10.0. The Bertz CT molecular complexity index is 897. The standard InChI is InChI=1S/C24H35N5O3/c1-15-11-17(13-24(3,4)12-15)28-23(32)19-8-6-10-29(19)20(31)14-27-22-18(7-5-9-26-22)21(25)16(2)30/h5,7,9,15,17,19,25H,6,8,10-14H2,1-4H3,(H,26,27)(H,28,32). The lowest BCUT2D eigenvalue weighted by atomic mass is 9.70. The zero-order valence-electron chi connectivity index (χ0n) is 19.5. The fraction of sp³-hybridized carbons (Fsp3) is 0.625. The average Bonchev–Trinajstić information content (AvgIpc) is 3.20. The van der Waals surface area contributed by atoms with Crippen molar-refractivity contribution in [3.63, 3.8) is 0 Å². The summed E-state index contributed by atoms with van der Waals surface area (Å²) in [6.45, 7) is 8.55. The minimum absolute atomic E-state index is 0.0491. The SMILES string of the molecule is CC(=O)C(=N)c1cccnc1NCC(=O)N1CCCC1C(=O)NC1CC(C)CC(C)(C)C1. The quantitative estimate of drug-likeness (QED) is 0.563. The summed E-state index contributed by atoms with van der Waals surface area (Å²) in [5, 5.41) is 14.1. The molecule has 8 heteroatoms. The topological polar surface area (TPSA) is 115 Å². The highest BCUT2D eigenvalue weighted by Crippen LogP contribution is 2.38. The second-order valence-corrected chi connectivity index (χ2v) is 10.0. The summed E-state index contributed by atoms with van der Waals surface area (Å²) in [5.74, 6) is 0.257. The van der Waals surface area contributed by atoms with Crippen molar-refractivity contribution in [2.45, 2.75) is 71.9 Å². The molecule has 3 atom stereocenters. The molecule has 3 N–H and O–H groups in total. The van der Waals surface area contributed by atoms with E-state index in [2.05, 4.69) is 36.4 Å². The van der Waals surface area contributed by atoms with E-state index in [0.717, 1.165) is 25.7 Å². The smallest absolute Gasteiger partial charge is 0.243 e. The van der Waals surface area contributed by atoms with E-state index in [4.69, 9.17) is 5.41 Å². The van der Waals surface area contributed by atoms with Crippen molar-refractivity contribution in [2.24, 2.45) is 11.3 Å². The third kappa shape index (κ3) is 5.72. The van der Waals surface area contributed by atoms with Gasteiger partial charge in [-0.3, -0.25) is 19.8 Å². The van der Waals surface area contributed by atoms with Crippen molar-refractivity contribution in [1.29, 1.82) is 5.41 Å². The number of Topliss-reactive ketones (excluding diaryl/α,β-unsaturated/α-hetero) is 1. The van der Waals surface area contributed by atoms with Gasteiger partial charge in [-0.05, 0) is 55.6 Å². The van der Waals surface area contributed by atoms with Gasteiger partial charge in [-0.15, -0.1) is 0 Å². The molecule has 2 aliphatic rings. The minimum atomic E-state index is -0.455. The third-order valence-corrected chi connectivity index (χ3v) is 6.45. The molecule has 1 aromatic heterocycles. The van der Waals surface area contributed by atoms with Crippen LogP contribution in [0.5, 0.6) is 0 Å². The lowest BCUT2D eigenvalue weighted by Gasteiger charge is -2.39. The first kappa shape index (κ1) is 23.9. The summed E-state index contributed by atoms with van der Waals surface area (Å²) in [5.41, 5.74) is 0.410. The van der Waals surface area contributed by atoms with Crippen LogP contribution in [-0.2, 0) is 14.4 Å². The van der Waals surface area contributed by atoms with Crippen molar-refractivity contribution in [1.82, 2.24) is 15.2 Å². The molecular formula is C24H35N5O3. The molecule has 174 valence electrons. The van der Waals surface area contributed by atoms with Crippen molar-refractivity contribution in [2.75, 3.05) is 18.4 Å². The van der Waals surface area contributed by atoms with Gasteiger partial charge in [0.2, 0.25) is 11.8 Å². The van der Waals surface area contributed by atoms with Crippen molar-refractivity contribution < 1.29 is 14.4 Å². The molecule has 0 bridgehead atoms. The van der Waals surface area contributed by atoms with Gasteiger partial charge in [0.15, 0.2) is 5.78 Å². The maximum Gasteiger partial charge on any atom is 0.243 e. The maximum atomic E-state index is 13.0. The summed E-state index contributed by atoms with van der Waals surface area (Å²) >= 11 is 0. The van der Waals surface area contributed by atoms with Gasteiger partial charge in [-0.1, -0.05) is 20.8 Å². The largest absolute Gasteiger partial charge is 0.360 e. The predicted octanol–water partition coefficient (Wildman–Crippen LogP) is 2.77. The van der Waals surface area contributed by atoms with Gasteiger partial charge < -0.3 is 15.5 Å². The van der Waals surface area contributed by atoms with Gasteiger partial charge >= 0.3 is 0 Å². The number of anilines is 1. The zero-order valence-corrected chi connectivity index (χ0v) is 19.5. The molecule has 2 amide bonds. The number of hydrogen-bond acceptors (Lipinski definition) is 6. The summed E-state index contributed by atoms with van der Waals surface area (Å²) in [7, 11) is 0. The molecular weight excluding hydrogens is 406 g/mol. The number of nitrogens with zero attached hydrogens (tertiary/aromatic N) is 2. The fourth-order valence-electron chi connectivity index (χ4n) is 5.29. The average molecular weight is 442 g/mol. The van der Waals surface area contributed by atoms with Gasteiger partial charge in [0.25, 0.3) is 0 Å². The Kier molecular flexibility index (Phi) is 7.31. The van der Waals surface area contributed by atoms with E-state index in [1.165, 1.54) is 6.92 Å². The molecule has 3 unspecified atom stereocenters. The number of rotatable bonds is 7. The molecule has 0 spiro atoms. The van der Waals surface area contributed by atoms with Gasteiger partial charge in [-0.25, -0.2) is 4.98 Å². The number of likely N-dealkylation sites (tertiary alicyclic amines) is 1. The highest BCUT2D eigenvalue weighted by atomic mass is 16.2. The Labute approximate surface area is 190 Å². The van der Waals surface area contributed by atoms with Crippen LogP contribution in [0.2, 0.25) is 0 Å². The molecule has 2 heterocycles. The first-order valence-corrected chi connectivity index (χ1v) is 11.5. The Balaban J connectivity index is 1.61. The molecule has 3 rings (SSSR count). The maximum absolute atomic E-state index is 13.0. The van der Waals surface area contributed by atoms with E-state index in [1.54, 1.807) is 23.2 Å². The summed E-state index contributed by atoms with van der Waals surface area (Å²) in [4.78, 5) is 43.4. The van der Waals surface area contributed by atoms with Gasteiger partial charge in [0, 0.05) is 31.3 Å². The van der Waals surface area contributed by atoms with Crippen molar-refractivity contribution in [3.8, 4) is 0 Å². The number of carbonyl (C=O) groups excluding carboxylic acids is 3. The molecule has 1 saturated carbocycles. The predicted molar refractivity (Wildman–Crippen MR) is 124 cm³/mol. The molecule has 0 radical (unpaired) electrons. The lowest BCUT2D eigenvalue weighted by molar-refractivity contribution is -0.137. The lowest BCUT2D eigenvalue weighted by Crippen LogP contribution is -2.52. The molecule has 1 saturated heterocycles. The van der Waals surface area contributed by atoms with Crippen molar-refractivity contribution >= 4 is 29.1 Å². The Morgan fingerprint density at radius 3 is 2.72 bits per heavy atom. The normalized spacial score (nSPS) is 24.6. The van der Waals surface area contributed by atoms with Gasteiger partial charge in [0.05, 0.1) is 6.54 Å². The van der Waals surface area contributed by atoms with Crippen LogP contribution >= 0.6 is 0 Å². The fourth-order valence-corrected chi connectivity index (χ4v) is 5.29. The number of nitrogens with one attached hydrogen (secondary N) is 3. The number of aromatic nitrogens is 1. The van der Waals surface area contributed by atoms with Crippen molar-refractivity contribution in [3.05, 3.63) is 23.9 Å². The number of amides is 2.